The van der Waals surface area contributed by atoms with Gasteiger partial charge in [0.2, 0.25) is 11.6 Å². The van der Waals surface area contributed by atoms with E-state index in [1.54, 1.807) is 6.92 Å². The lowest BCUT2D eigenvalue weighted by Gasteiger charge is -2.20. The van der Waals surface area contributed by atoms with Gasteiger partial charge >= 0.3 is 0 Å². The second-order valence-electron chi connectivity index (χ2n) is 4.17. The second-order valence-corrected chi connectivity index (χ2v) is 4.17. The Bertz CT molecular complexity index is 542. The van der Waals surface area contributed by atoms with Crippen molar-refractivity contribution >= 4 is 0 Å². The van der Waals surface area contributed by atoms with Crippen LogP contribution in [0.4, 0.5) is 0 Å². The summed E-state index contributed by atoms with van der Waals surface area (Å²) in [6, 6.07) is 0. The molecule has 0 radical (unpaired) electrons. The van der Waals surface area contributed by atoms with E-state index in [2.05, 4.69) is 20.4 Å². The molecule has 0 amide bonds. The van der Waals surface area contributed by atoms with E-state index in [0.717, 1.165) is 12.2 Å². The van der Waals surface area contributed by atoms with Gasteiger partial charge in [-0.3, -0.25) is 0 Å². The van der Waals surface area contributed by atoms with Crippen molar-refractivity contribution in [3.05, 3.63) is 17.4 Å². The molecule has 1 saturated heterocycles. The van der Waals surface area contributed by atoms with Crippen LogP contribution in [-0.2, 0) is 4.74 Å². The van der Waals surface area contributed by atoms with Crippen molar-refractivity contribution < 1.29 is 13.7 Å². The van der Waals surface area contributed by atoms with E-state index in [1.807, 2.05) is 6.92 Å². The molecule has 3 heterocycles. The van der Waals surface area contributed by atoms with Crippen LogP contribution in [0.5, 0.6) is 0 Å². The molecule has 0 spiro atoms. The fraction of sp³-hybridized carbons (Fsp3) is 0.545. The first-order chi connectivity index (χ1) is 8.74. The summed E-state index contributed by atoms with van der Waals surface area (Å²) in [6.45, 7) is 5.81. The third-order valence-corrected chi connectivity index (χ3v) is 2.76. The average Bonchev–Trinajstić information content (AvgIpc) is 2.97. The summed E-state index contributed by atoms with van der Waals surface area (Å²) >= 11 is 0. The zero-order valence-corrected chi connectivity index (χ0v) is 10.3. The first-order valence-corrected chi connectivity index (χ1v) is 5.84. The third kappa shape index (κ3) is 2.02. The molecule has 0 saturated carbocycles. The zero-order chi connectivity index (χ0) is 12.5. The van der Waals surface area contributed by atoms with Crippen LogP contribution < -0.4 is 5.32 Å². The highest BCUT2D eigenvalue weighted by Gasteiger charge is 2.24. The Kier molecular flexibility index (Phi) is 2.85. The van der Waals surface area contributed by atoms with Crippen LogP contribution in [0, 0.1) is 13.8 Å². The van der Waals surface area contributed by atoms with E-state index < -0.39 is 0 Å². The Morgan fingerprint density at radius 2 is 2.17 bits per heavy atom. The fourth-order valence-electron chi connectivity index (χ4n) is 1.92. The highest BCUT2D eigenvalue weighted by molar-refractivity contribution is 5.47. The van der Waals surface area contributed by atoms with Crippen LogP contribution in [0.2, 0.25) is 0 Å². The lowest BCUT2D eigenvalue weighted by molar-refractivity contribution is 0.0208. The highest BCUT2D eigenvalue weighted by atomic mass is 16.5. The van der Waals surface area contributed by atoms with E-state index in [-0.39, 0.29) is 6.10 Å². The van der Waals surface area contributed by atoms with Crippen LogP contribution in [-0.4, -0.2) is 34.8 Å². The van der Waals surface area contributed by atoms with Gasteiger partial charge in [0, 0.05) is 20.0 Å². The molecule has 1 unspecified atom stereocenters. The normalized spacial score (nSPS) is 20.2. The lowest BCUT2D eigenvalue weighted by atomic mass is 10.3. The fourth-order valence-corrected chi connectivity index (χ4v) is 1.92. The predicted molar refractivity (Wildman–Crippen MR) is 60.8 cm³/mol. The number of ether oxygens (including phenoxy) is 1. The number of morpholine rings is 1. The summed E-state index contributed by atoms with van der Waals surface area (Å²) in [5, 5.41) is 7.14. The number of hydrogen-bond acceptors (Lipinski definition) is 7. The molecule has 7 nitrogen and oxygen atoms in total. The maximum atomic E-state index is 5.55. The van der Waals surface area contributed by atoms with Crippen LogP contribution >= 0.6 is 0 Å². The van der Waals surface area contributed by atoms with Gasteiger partial charge in [0.25, 0.3) is 5.89 Å². The monoisotopic (exact) mass is 250 g/mol. The lowest BCUT2D eigenvalue weighted by Crippen LogP contribution is -2.33. The van der Waals surface area contributed by atoms with Gasteiger partial charge in [0.1, 0.15) is 6.10 Å². The van der Waals surface area contributed by atoms with Gasteiger partial charge in [-0.1, -0.05) is 5.16 Å². The van der Waals surface area contributed by atoms with Crippen LogP contribution in [0.1, 0.15) is 23.5 Å². The molecule has 1 fully saturated rings. The Morgan fingerprint density at radius 3 is 2.83 bits per heavy atom. The molecule has 2 aromatic rings. The molecule has 2 aromatic heterocycles. The van der Waals surface area contributed by atoms with Gasteiger partial charge in [-0.2, -0.15) is 4.98 Å². The molecule has 1 aliphatic rings. The number of aryl methyl sites for hydroxylation is 2. The Hall–Kier alpha value is -1.73. The van der Waals surface area contributed by atoms with Gasteiger partial charge in [-0.05, 0) is 6.92 Å². The van der Waals surface area contributed by atoms with E-state index in [0.29, 0.717) is 36.5 Å². The van der Waals surface area contributed by atoms with Gasteiger partial charge in [0.05, 0.1) is 12.3 Å². The number of oxazole rings is 1. The number of rotatable bonds is 2. The van der Waals surface area contributed by atoms with E-state index in [9.17, 15) is 0 Å². The summed E-state index contributed by atoms with van der Waals surface area (Å²) in [7, 11) is 0. The minimum absolute atomic E-state index is 0.166. The van der Waals surface area contributed by atoms with Crippen molar-refractivity contribution in [2.75, 3.05) is 19.7 Å². The number of nitrogens with zero attached hydrogens (tertiary/aromatic N) is 3. The number of aromatic nitrogens is 3. The number of nitrogens with one attached hydrogen (secondary N) is 1. The Morgan fingerprint density at radius 1 is 1.28 bits per heavy atom. The highest BCUT2D eigenvalue weighted by Crippen LogP contribution is 2.24. The van der Waals surface area contributed by atoms with Gasteiger partial charge in [0.15, 0.2) is 5.89 Å². The zero-order valence-electron chi connectivity index (χ0n) is 10.3. The summed E-state index contributed by atoms with van der Waals surface area (Å²) in [5.74, 6) is 1.98. The molecule has 0 aliphatic carbocycles. The van der Waals surface area contributed by atoms with Crippen molar-refractivity contribution in [1.29, 1.82) is 0 Å². The molecule has 1 aliphatic heterocycles. The van der Waals surface area contributed by atoms with Gasteiger partial charge < -0.3 is 19.0 Å². The smallest absolute Gasteiger partial charge is 0.295 e. The minimum Gasteiger partial charge on any atom is -0.436 e. The largest absolute Gasteiger partial charge is 0.436 e. The first kappa shape index (κ1) is 11.4. The summed E-state index contributed by atoms with van der Waals surface area (Å²) in [5.41, 5.74) is 0.741. The molecule has 1 atom stereocenters. The molecular formula is C11H14N4O3. The standard InChI is InChI=1S/C11H14N4O3/c1-6-9(17-7(2)13-6)11-14-10(15-18-11)8-5-12-3-4-16-8/h8,12H,3-5H2,1-2H3. The van der Waals surface area contributed by atoms with E-state index >= 15 is 0 Å². The third-order valence-electron chi connectivity index (χ3n) is 2.76. The average molecular weight is 250 g/mol. The van der Waals surface area contributed by atoms with Crippen molar-refractivity contribution in [2.45, 2.75) is 20.0 Å². The molecule has 18 heavy (non-hydrogen) atoms. The van der Waals surface area contributed by atoms with Gasteiger partial charge in [-0.15, -0.1) is 0 Å². The molecule has 0 aromatic carbocycles. The first-order valence-electron chi connectivity index (χ1n) is 5.84. The SMILES string of the molecule is Cc1nc(C)c(-c2nc(C3CNCCO3)no2)o1. The maximum Gasteiger partial charge on any atom is 0.295 e. The van der Waals surface area contributed by atoms with Crippen molar-refractivity contribution in [3.8, 4) is 11.7 Å². The van der Waals surface area contributed by atoms with Crippen LogP contribution in [0.15, 0.2) is 8.94 Å². The maximum absolute atomic E-state index is 5.55. The predicted octanol–water partition coefficient (Wildman–Crippen LogP) is 1.00. The Balaban J connectivity index is 1.86. The second kappa shape index (κ2) is 4.51. The van der Waals surface area contributed by atoms with E-state index in [4.69, 9.17) is 13.7 Å². The van der Waals surface area contributed by atoms with E-state index in [1.165, 1.54) is 0 Å². The van der Waals surface area contributed by atoms with Crippen LogP contribution in [0.3, 0.4) is 0 Å². The molecular weight excluding hydrogens is 236 g/mol. The summed E-state index contributed by atoms with van der Waals surface area (Å²) in [6.07, 6.45) is -0.166. The summed E-state index contributed by atoms with van der Waals surface area (Å²) < 4.78 is 16.2. The molecule has 1 N–H and O–H groups in total. The van der Waals surface area contributed by atoms with Crippen LogP contribution in [0.25, 0.3) is 11.7 Å². The van der Waals surface area contributed by atoms with Crippen molar-refractivity contribution in [3.63, 3.8) is 0 Å². The topological polar surface area (TPSA) is 86.2 Å². The van der Waals surface area contributed by atoms with Gasteiger partial charge in [-0.25, -0.2) is 4.98 Å². The molecule has 7 heteroatoms. The Labute approximate surface area is 104 Å². The van der Waals surface area contributed by atoms with Crippen molar-refractivity contribution in [2.24, 2.45) is 0 Å². The molecule has 96 valence electrons. The molecule has 0 bridgehead atoms. The summed E-state index contributed by atoms with van der Waals surface area (Å²) in [4.78, 5) is 8.47. The number of hydrogen-bond donors (Lipinski definition) is 1. The minimum atomic E-state index is -0.166. The van der Waals surface area contributed by atoms with Crippen molar-refractivity contribution in [1.82, 2.24) is 20.4 Å². The molecule has 3 rings (SSSR count). The quantitative estimate of drug-likeness (QED) is 0.850.